The fourth-order valence-corrected chi connectivity index (χ4v) is 2.86. The molecule has 1 aromatic heterocycles. The predicted molar refractivity (Wildman–Crippen MR) is 86.4 cm³/mol. The highest BCUT2D eigenvalue weighted by atomic mass is 32.1. The number of rotatable bonds is 7. The summed E-state index contributed by atoms with van der Waals surface area (Å²) in [6.45, 7) is 4.29. The molecule has 122 valence electrons. The average Bonchev–Trinajstić information content (AvgIpc) is 3.03. The molecule has 0 saturated heterocycles. The topological polar surface area (TPSA) is 88.5 Å². The number of hydrogen-bond donors (Lipinski definition) is 2. The molecule has 0 aliphatic carbocycles. The molecule has 1 amide bonds. The van der Waals surface area contributed by atoms with Gasteiger partial charge in [-0.1, -0.05) is 30.3 Å². The van der Waals surface area contributed by atoms with E-state index in [-0.39, 0.29) is 6.10 Å². The number of thiazole rings is 1. The van der Waals surface area contributed by atoms with Crippen molar-refractivity contribution in [2.75, 3.05) is 6.61 Å². The van der Waals surface area contributed by atoms with E-state index in [0.29, 0.717) is 22.1 Å². The Morgan fingerprint density at radius 2 is 2.04 bits per heavy atom. The molecule has 1 unspecified atom stereocenters. The lowest BCUT2D eigenvalue weighted by atomic mass is 10.1. The van der Waals surface area contributed by atoms with Crippen LogP contribution in [0.3, 0.4) is 0 Å². The first-order chi connectivity index (χ1) is 11.0. The standard InChI is InChI=1S/C16H18N2O4S/c1-3-22-10(2)15-17-9-12(23-15)14(19)18-13(16(20)21)11-7-5-4-6-8-11/h4-10,13H,3H2,1-2H3,(H,18,19)(H,20,21)/t10?,13-/m1/s1. The Labute approximate surface area is 138 Å². The van der Waals surface area contributed by atoms with Gasteiger partial charge in [-0.2, -0.15) is 0 Å². The maximum Gasteiger partial charge on any atom is 0.330 e. The first kappa shape index (κ1) is 17.1. The normalized spacial score (nSPS) is 13.3. The van der Waals surface area contributed by atoms with Gasteiger partial charge in [-0.15, -0.1) is 11.3 Å². The van der Waals surface area contributed by atoms with Crippen LogP contribution in [0.2, 0.25) is 0 Å². The maximum atomic E-state index is 12.3. The molecule has 0 fully saturated rings. The lowest BCUT2D eigenvalue weighted by Gasteiger charge is -2.14. The van der Waals surface area contributed by atoms with Crippen molar-refractivity contribution < 1.29 is 19.4 Å². The van der Waals surface area contributed by atoms with Crippen molar-refractivity contribution in [3.8, 4) is 0 Å². The van der Waals surface area contributed by atoms with Crippen LogP contribution < -0.4 is 5.32 Å². The third-order valence-electron chi connectivity index (χ3n) is 3.17. The first-order valence-corrected chi connectivity index (χ1v) is 8.00. The maximum absolute atomic E-state index is 12.3. The molecule has 1 aromatic carbocycles. The molecule has 0 saturated carbocycles. The van der Waals surface area contributed by atoms with Gasteiger partial charge in [0.2, 0.25) is 0 Å². The summed E-state index contributed by atoms with van der Waals surface area (Å²) >= 11 is 1.20. The number of carbonyl (C=O) groups is 2. The number of amides is 1. The fourth-order valence-electron chi connectivity index (χ4n) is 2.04. The Balaban J connectivity index is 2.12. The smallest absolute Gasteiger partial charge is 0.330 e. The Hall–Kier alpha value is -2.25. The minimum Gasteiger partial charge on any atom is -0.479 e. The molecule has 2 rings (SSSR count). The SMILES string of the molecule is CCOC(C)c1ncc(C(=O)N[C@@H](C(=O)O)c2ccccc2)s1. The third kappa shape index (κ3) is 4.37. The number of aromatic nitrogens is 1. The van der Waals surface area contributed by atoms with Crippen molar-refractivity contribution in [1.82, 2.24) is 10.3 Å². The fraction of sp³-hybridized carbons (Fsp3) is 0.312. The molecule has 2 atom stereocenters. The van der Waals surface area contributed by atoms with Crippen LogP contribution >= 0.6 is 11.3 Å². The van der Waals surface area contributed by atoms with Gasteiger partial charge in [0.05, 0.1) is 6.20 Å². The Morgan fingerprint density at radius 3 is 2.65 bits per heavy atom. The van der Waals surface area contributed by atoms with E-state index in [4.69, 9.17) is 4.74 Å². The van der Waals surface area contributed by atoms with Crippen LogP contribution in [-0.2, 0) is 9.53 Å². The van der Waals surface area contributed by atoms with E-state index in [9.17, 15) is 14.7 Å². The summed E-state index contributed by atoms with van der Waals surface area (Å²) in [7, 11) is 0. The second kappa shape index (κ2) is 7.85. The van der Waals surface area contributed by atoms with Gasteiger partial charge in [-0.3, -0.25) is 4.79 Å². The second-order valence-corrected chi connectivity index (χ2v) is 5.88. The summed E-state index contributed by atoms with van der Waals surface area (Å²) in [6.07, 6.45) is 1.24. The van der Waals surface area contributed by atoms with Crippen LogP contribution in [0, 0.1) is 0 Å². The summed E-state index contributed by atoms with van der Waals surface area (Å²) in [4.78, 5) is 28.2. The number of nitrogens with one attached hydrogen (secondary N) is 1. The highest BCUT2D eigenvalue weighted by Crippen LogP contribution is 2.23. The van der Waals surface area contributed by atoms with Gasteiger partial charge >= 0.3 is 5.97 Å². The average molecular weight is 334 g/mol. The zero-order valence-electron chi connectivity index (χ0n) is 12.9. The van der Waals surface area contributed by atoms with Gasteiger partial charge in [0.25, 0.3) is 5.91 Å². The zero-order valence-corrected chi connectivity index (χ0v) is 13.7. The number of carboxylic acids is 1. The Morgan fingerprint density at radius 1 is 1.35 bits per heavy atom. The number of benzene rings is 1. The highest BCUT2D eigenvalue weighted by molar-refractivity contribution is 7.13. The van der Waals surface area contributed by atoms with Crippen LogP contribution in [0.25, 0.3) is 0 Å². The summed E-state index contributed by atoms with van der Waals surface area (Å²) in [6, 6.07) is 7.47. The number of hydrogen-bond acceptors (Lipinski definition) is 5. The molecule has 1 heterocycles. The largest absolute Gasteiger partial charge is 0.479 e. The molecule has 0 spiro atoms. The number of aliphatic carboxylic acids is 1. The Kier molecular flexibility index (Phi) is 5.84. The van der Waals surface area contributed by atoms with Crippen molar-refractivity contribution >= 4 is 23.2 Å². The van der Waals surface area contributed by atoms with Crippen LogP contribution in [0.4, 0.5) is 0 Å². The third-order valence-corrected chi connectivity index (χ3v) is 4.32. The van der Waals surface area contributed by atoms with E-state index >= 15 is 0 Å². The molecular weight excluding hydrogens is 316 g/mol. The number of ether oxygens (including phenoxy) is 1. The highest BCUT2D eigenvalue weighted by Gasteiger charge is 2.24. The van der Waals surface area contributed by atoms with Crippen LogP contribution in [-0.4, -0.2) is 28.6 Å². The van der Waals surface area contributed by atoms with Crippen molar-refractivity contribution in [1.29, 1.82) is 0 Å². The van der Waals surface area contributed by atoms with E-state index in [1.54, 1.807) is 30.3 Å². The number of carbonyl (C=O) groups excluding carboxylic acids is 1. The van der Waals surface area contributed by atoms with Gasteiger partial charge in [-0.05, 0) is 19.4 Å². The van der Waals surface area contributed by atoms with Gasteiger partial charge in [0.15, 0.2) is 6.04 Å². The number of nitrogens with zero attached hydrogens (tertiary/aromatic N) is 1. The van der Waals surface area contributed by atoms with Gasteiger partial charge in [0.1, 0.15) is 16.0 Å². The van der Waals surface area contributed by atoms with E-state index in [2.05, 4.69) is 10.3 Å². The predicted octanol–water partition coefficient (Wildman–Crippen LogP) is 2.80. The Bertz CT molecular complexity index is 672. The quantitative estimate of drug-likeness (QED) is 0.813. The van der Waals surface area contributed by atoms with Gasteiger partial charge in [0, 0.05) is 6.61 Å². The molecular formula is C16H18N2O4S. The van der Waals surface area contributed by atoms with Crippen molar-refractivity contribution in [3.05, 3.63) is 52.0 Å². The molecule has 6 nitrogen and oxygen atoms in total. The van der Waals surface area contributed by atoms with Crippen LogP contribution in [0.5, 0.6) is 0 Å². The summed E-state index contributed by atoms with van der Waals surface area (Å²) in [5.41, 5.74) is 0.515. The van der Waals surface area contributed by atoms with Crippen molar-refractivity contribution in [2.45, 2.75) is 26.0 Å². The summed E-state index contributed by atoms with van der Waals surface area (Å²) < 4.78 is 5.43. The van der Waals surface area contributed by atoms with E-state index < -0.39 is 17.9 Å². The molecule has 0 bridgehead atoms. The van der Waals surface area contributed by atoms with E-state index in [1.165, 1.54) is 17.5 Å². The summed E-state index contributed by atoms with van der Waals surface area (Å²) in [5.74, 6) is -1.58. The molecule has 2 aromatic rings. The lowest BCUT2D eigenvalue weighted by Crippen LogP contribution is -2.33. The van der Waals surface area contributed by atoms with Gasteiger partial charge in [-0.25, -0.2) is 9.78 Å². The minimum atomic E-state index is -1.11. The lowest BCUT2D eigenvalue weighted by molar-refractivity contribution is -0.139. The summed E-state index contributed by atoms with van der Waals surface area (Å²) in [5, 5.41) is 12.5. The first-order valence-electron chi connectivity index (χ1n) is 7.18. The molecule has 2 N–H and O–H groups in total. The molecule has 23 heavy (non-hydrogen) atoms. The minimum absolute atomic E-state index is 0.198. The second-order valence-electron chi connectivity index (χ2n) is 4.82. The molecule has 0 radical (unpaired) electrons. The van der Waals surface area contributed by atoms with Crippen LogP contribution in [0.1, 0.15) is 46.2 Å². The molecule has 0 aliphatic rings. The van der Waals surface area contributed by atoms with Crippen LogP contribution in [0.15, 0.2) is 36.5 Å². The molecule has 0 aliphatic heterocycles. The number of carboxylic acid groups (broad SMARTS) is 1. The van der Waals surface area contributed by atoms with Crippen molar-refractivity contribution in [2.24, 2.45) is 0 Å². The molecule has 7 heteroatoms. The van der Waals surface area contributed by atoms with E-state index in [0.717, 1.165) is 0 Å². The zero-order chi connectivity index (χ0) is 16.8. The van der Waals surface area contributed by atoms with E-state index in [1.807, 2.05) is 13.8 Å². The monoisotopic (exact) mass is 334 g/mol. The van der Waals surface area contributed by atoms with Gasteiger partial charge < -0.3 is 15.2 Å². The van der Waals surface area contributed by atoms with Crippen molar-refractivity contribution in [3.63, 3.8) is 0 Å².